The summed E-state index contributed by atoms with van der Waals surface area (Å²) >= 11 is 0. The van der Waals surface area contributed by atoms with Crippen molar-refractivity contribution in [3.05, 3.63) is 29.6 Å². The van der Waals surface area contributed by atoms with Gasteiger partial charge in [0.15, 0.2) is 0 Å². The number of nitrogens with zero attached hydrogens (tertiary/aromatic N) is 1. The van der Waals surface area contributed by atoms with Gasteiger partial charge in [0, 0.05) is 5.56 Å². The summed E-state index contributed by atoms with van der Waals surface area (Å²) < 4.78 is 18.9. The van der Waals surface area contributed by atoms with Gasteiger partial charge >= 0.3 is 0 Å². The molecule has 5 heteroatoms. The van der Waals surface area contributed by atoms with Crippen LogP contribution in [0.2, 0.25) is 0 Å². The summed E-state index contributed by atoms with van der Waals surface area (Å²) in [5.74, 6) is 0.289. The largest absolute Gasteiger partial charge is 0.493 e. The molecule has 1 aliphatic heterocycles. The first-order valence-electron chi connectivity index (χ1n) is 6.42. The van der Waals surface area contributed by atoms with Crippen molar-refractivity contribution in [1.82, 2.24) is 10.2 Å². The van der Waals surface area contributed by atoms with Crippen LogP contribution in [0, 0.1) is 5.82 Å². The quantitative estimate of drug-likeness (QED) is 0.905. The molecule has 0 aliphatic carbocycles. The number of halogens is 1. The van der Waals surface area contributed by atoms with Crippen LogP contribution in [0.3, 0.4) is 0 Å². The minimum Gasteiger partial charge on any atom is -0.493 e. The van der Waals surface area contributed by atoms with Gasteiger partial charge in [0.1, 0.15) is 11.6 Å². The van der Waals surface area contributed by atoms with Crippen LogP contribution in [-0.4, -0.2) is 38.1 Å². The van der Waals surface area contributed by atoms with Gasteiger partial charge in [-0.1, -0.05) is 0 Å². The Hall–Kier alpha value is -1.62. The number of carbonyl (C=O) groups is 1. The zero-order valence-electron chi connectivity index (χ0n) is 11.3. The number of carbonyl (C=O) groups excluding carboxylic acids is 1. The average Bonchev–Trinajstić information content (AvgIpc) is 2.51. The molecular weight excluding hydrogens is 247 g/mol. The molecule has 2 rings (SSSR count). The Morgan fingerprint density at radius 2 is 2.32 bits per heavy atom. The highest BCUT2D eigenvalue weighted by Crippen LogP contribution is 2.31. The molecule has 19 heavy (non-hydrogen) atoms. The molecule has 0 spiro atoms. The van der Waals surface area contributed by atoms with Gasteiger partial charge in [-0.2, -0.15) is 0 Å². The zero-order valence-corrected chi connectivity index (χ0v) is 11.3. The predicted octanol–water partition coefficient (Wildman–Crippen LogP) is 1.72. The fraction of sp³-hybridized carbons (Fsp3) is 0.500. The van der Waals surface area contributed by atoms with Gasteiger partial charge in [0.05, 0.1) is 19.2 Å². The molecular formula is C14H19FN2O2. The van der Waals surface area contributed by atoms with Crippen molar-refractivity contribution < 1.29 is 13.9 Å². The topological polar surface area (TPSA) is 41.6 Å². The fourth-order valence-electron chi connectivity index (χ4n) is 2.23. The fourth-order valence-corrected chi connectivity index (χ4v) is 2.23. The van der Waals surface area contributed by atoms with E-state index >= 15 is 0 Å². The van der Waals surface area contributed by atoms with Gasteiger partial charge in [-0.15, -0.1) is 0 Å². The van der Waals surface area contributed by atoms with Gasteiger partial charge in [-0.25, -0.2) is 4.39 Å². The minimum absolute atomic E-state index is 0.0629. The summed E-state index contributed by atoms with van der Waals surface area (Å²) in [5.41, 5.74) is 0.726. The first-order chi connectivity index (χ1) is 9.06. The molecule has 0 saturated carbocycles. The zero-order chi connectivity index (χ0) is 13.8. The third-order valence-electron chi connectivity index (χ3n) is 3.04. The van der Waals surface area contributed by atoms with Crippen molar-refractivity contribution in [1.29, 1.82) is 0 Å². The van der Waals surface area contributed by atoms with E-state index in [9.17, 15) is 9.18 Å². The highest BCUT2D eigenvalue weighted by atomic mass is 19.1. The molecule has 0 saturated heterocycles. The Bertz CT molecular complexity index is 463. The SMILES string of the molecule is CN(C)CC(=O)NC1CCCOc2ccc(F)cc21. The summed E-state index contributed by atoms with van der Waals surface area (Å²) in [4.78, 5) is 13.6. The van der Waals surface area contributed by atoms with Crippen molar-refractivity contribution in [3.63, 3.8) is 0 Å². The summed E-state index contributed by atoms with van der Waals surface area (Å²) in [6, 6.07) is 4.27. The van der Waals surface area contributed by atoms with E-state index in [1.54, 1.807) is 11.0 Å². The van der Waals surface area contributed by atoms with E-state index in [4.69, 9.17) is 4.74 Å². The molecule has 1 heterocycles. The van der Waals surface area contributed by atoms with Crippen molar-refractivity contribution in [2.45, 2.75) is 18.9 Å². The summed E-state index contributed by atoms with van der Waals surface area (Å²) in [7, 11) is 3.67. The molecule has 1 unspecified atom stereocenters. The number of hydrogen-bond acceptors (Lipinski definition) is 3. The second kappa shape index (κ2) is 6.02. The van der Waals surface area contributed by atoms with Gasteiger partial charge < -0.3 is 15.0 Å². The maximum atomic E-state index is 13.4. The maximum absolute atomic E-state index is 13.4. The highest BCUT2D eigenvalue weighted by Gasteiger charge is 2.22. The lowest BCUT2D eigenvalue weighted by Gasteiger charge is -2.19. The molecule has 1 aliphatic rings. The number of likely N-dealkylation sites (N-methyl/N-ethyl adjacent to an activating group) is 1. The van der Waals surface area contributed by atoms with E-state index in [1.165, 1.54) is 12.1 Å². The Labute approximate surface area is 112 Å². The number of rotatable bonds is 3. The molecule has 0 aromatic heterocycles. The lowest BCUT2D eigenvalue weighted by Crippen LogP contribution is -2.35. The molecule has 1 N–H and O–H groups in total. The van der Waals surface area contributed by atoms with Crippen molar-refractivity contribution >= 4 is 5.91 Å². The monoisotopic (exact) mass is 266 g/mol. The number of benzene rings is 1. The highest BCUT2D eigenvalue weighted by molar-refractivity contribution is 5.78. The number of ether oxygens (including phenoxy) is 1. The van der Waals surface area contributed by atoms with E-state index < -0.39 is 0 Å². The third-order valence-corrected chi connectivity index (χ3v) is 3.04. The van der Waals surface area contributed by atoms with Crippen LogP contribution in [0.5, 0.6) is 5.75 Å². The summed E-state index contributed by atoms with van der Waals surface area (Å²) in [5, 5.41) is 2.95. The minimum atomic E-state index is -0.309. The second-order valence-electron chi connectivity index (χ2n) is 5.03. The molecule has 1 aromatic rings. The van der Waals surface area contributed by atoms with Crippen LogP contribution in [-0.2, 0) is 4.79 Å². The Kier molecular flexibility index (Phi) is 4.37. The molecule has 1 atom stereocenters. The molecule has 0 radical (unpaired) electrons. The van der Waals surface area contributed by atoms with E-state index in [0.717, 1.165) is 18.4 Å². The van der Waals surface area contributed by atoms with Crippen LogP contribution < -0.4 is 10.1 Å². The third kappa shape index (κ3) is 3.67. The Morgan fingerprint density at radius 3 is 3.05 bits per heavy atom. The first kappa shape index (κ1) is 13.8. The summed E-state index contributed by atoms with van der Waals surface area (Å²) in [6.45, 7) is 0.917. The van der Waals surface area contributed by atoms with Crippen molar-refractivity contribution in [2.75, 3.05) is 27.2 Å². The number of hydrogen-bond donors (Lipinski definition) is 1. The number of amides is 1. The summed E-state index contributed by atoms with van der Waals surface area (Å²) in [6.07, 6.45) is 1.60. The lowest BCUT2D eigenvalue weighted by molar-refractivity contribution is -0.122. The normalized spacial score (nSPS) is 18.4. The molecule has 104 valence electrons. The van der Waals surface area contributed by atoms with Crippen LogP contribution in [0.15, 0.2) is 18.2 Å². The van der Waals surface area contributed by atoms with Crippen LogP contribution in [0.4, 0.5) is 4.39 Å². The Balaban J connectivity index is 2.17. The van der Waals surface area contributed by atoms with Crippen molar-refractivity contribution in [2.24, 2.45) is 0 Å². The predicted molar refractivity (Wildman–Crippen MR) is 70.6 cm³/mol. The smallest absolute Gasteiger partial charge is 0.234 e. The van der Waals surface area contributed by atoms with E-state index in [2.05, 4.69) is 5.32 Å². The van der Waals surface area contributed by atoms with E-state index in [1.807, 2.05) is 14.1 Å². The van der Waals surface area contributed by atoms with E-state index in [-0.39, 0.29) is 17.8 Å². The molecule has 1 aromatic carbocycles. The van der Waals surface area contributed by atoms with Crippen LogP contribution >= 0.6 is 0 Å². The molecule has 0 bridgehead atoms. The van der Waals surface area contributed by atoms with E-state index in [0.29, 0.717) is 18.9 Å². The lowest BCUT2D eigenvalue weighted by atomic mass is 10.0. The van der Waals surface area contributed by atoms with Crippen molar-refractivity contribution in [3.8, 4) is 5.75 Å². The number of nitrogens with one attached hydrogen (secondary N) is 1. The average molecular weight is 266 g/mol. The molecule has 4 nitrogen and oxygen atoms in total. The number of fused-ring (bicyclic) bond motifs is 1. The first-order valence-corrected chi connectivity index (χ1v) is 6.42. The van der Waals surface area contributed by atoms with Gasteiger partial charge in [-0.3, -0.25) is 4.79 Å². The van der Waals surface area contributed by atoms with Gasteiger partial charge in [0.25, 0.3) is 0 Å². The molecule has 1 amide bonds. The standard InChI is InChI=1S/C14H19FN2O2/c1-17(2)9-14(18)16-12-4-3-7-19-13-6-5-10(15)8-11(12)13/h5-6,8,12H,3-4,7,9H2,1-2H3,(H,16,18). The van der Waals surface area contributed by atoms with Crippen LogP contribution in [0.1, 0.15) is 24.4 Å². The van der Waals surface area contributed by atoms with Crippen LogP contribution in [0.25, 0.3) is 0 Å². The Morgan fingerprint density at radius 1 is 1.53 bits per heavy atom. The van der Waals surface area contributed by atoms with Gasteiger partial charge in [-0.05, 0) is 45.1 Å². The second-order valence-corrected chi connectivity index (χ2v) is 5.03. The molecule has 0 fully saturated rings. The van der Waals surface area contributed by atoms with Gasteiger partial charge in [0.2, 0.25) is 5.91 Å². The maximum Gasteiger partial charge on any atom is 0.234 e.